The van der Waals surface area contributed by atoms with Crippen molar-refractivity contribution in [3.63, 3.8) is 0 Å². The summed E-state index contributed by atoms with van der Waals surface area (Å²) < 4.78 is 5.93. The predicted molar refractivity (Wildman–Crippen MR) is 94.9 cm³/mol. The van der Waals surface area contributed by atoms with Crippen molar-refractivity contribution in [1.82, 2.24) is 0 Å². The van der Waals surface area contributed by atoms with Crippen molar-refractivity contribution in [2.45, 2.75) is 71.4 Å². The molecule has 1 atom stereocenters. The maximum atomic E-state index is 12.8. The molecule has 128 valence electrons. The van der Waals surface area contributed by atoms with Crippen LogP contribution in [0.3, 0.4) is 0 Å². The van der Waals surface area contributed by atoms with E-state index in [1.165, 1.54) is 0 Å². The number of hydrogen-bond acceptors (Lipinski definition) is 3. The third-order valence-electron chi connectivity index (χ3n) is 4.41. The predicted octanol–water partition coefficient (Wildman–Crippen LogP) is 4.18. The van der Waals surface area contributed by atoms with Crippen LogP contribution in [0.15, 0.2) is 18.2 Å². The van der Waals surface area contributed by atoms with E-state index in [1.54, 1.807) is 0 Å². The summed E-state index contributed by atoms with van der Waals surface area (Å²) >= 11 is 0. The molecule has 0 aliphatic carbocycles. The smallest absolute Gasteiger partial charge is 0.270 e. The van der Waals surface area contributed by atoms with Crippen LogP contribution >= 0.6 is 0 Å². The highest BCUT2D eigenvalue weighted by Crippen LogP contribution is 2.39. The van der Waals surface area contributed by atoms with Crippen LogP contribution in [0.25, 0.3) is 0 Å². The van der Waals surface area contributed by atoms with Gasteiger partial charge in [0.25, 0.3) is 5.91 Å². The number of carbonyl (C=O) groups is 1. The second kappa shape index (κ2) is 7.35. The minimum atomic E-state index is -0.813. The van der Waals surface area contributed by atoms with Crippen LogP contribution in [0.5, 0.6) is 5.75 Å². The van der Waals surface area contributed by atoms with E-state index in [0.29, 0.717) is 0 Å². The Morgan fingerprint density at radius 3 is 2.61 bits per heavy atom. The maximum Gasteiger partial charge on any atom is 0.270 e. The average molecular weight is 318 g/mol. The molecule has 1 aliphatic heterocycles. The second-order valence-corrected chi connectivity index (χ2v) is 6.90. The molecule has 0 saturated carbocycles. The summed E-state index contributed by atoms with van der Waals surface area (Å²) in [5, 5.41) is 0. The molecule has 0 spiro atoms. The number of amides is 1. The fourth-order valence-corrected chi connectivity index (χ4v) is 3.03. The van der Waals surface area contributed by atoms with Gasteiger partial charge in [0.2, 0.25) is 0 Å². The first-order valence-electron chi connectivity index (χ1n) is 8.81. The Morgan fingerprint density at radius 1 is 1.22 bits per heavy atom. The number of carbonyl (C=O) groups excluding carboxylic acids is 1. The van der Waals surface area contributed by atoms with E-state index in [-0.39, 0.29) is 11.9 Å². The number of rotatable bonds is 7. The number of ether oxygens (including phenoxy) is 1. The van der Waals surface area contributed by atoms with Gasteiger partial charge in [0.15, 0.2) is 5.60 Å². The molecule has 0 saturated heterocycles. The van der Waals surface area contributed by atoms with E-state index in [2.05, 4.69) is 13.8 Å². The summed E-state index contributed by atoms with van der Waals surface area (Å²) in [5.74, 6) is 0.806. The van der Waals surface area contributed by atoms with E-state index in [1.807, 2.05) is 36.9 Å². The Hall–Kier alpha value is -1.55. The highest BCUT2D eigenvalue weighted by atomic mass is 16.5. The van der Waals surface area contributed by atoms with E-state index < -0.39 is 5.60 Å². The Balaban J connectivity index is 2.34. The van der Waals surface area contributed by atoms with Crippen LogP contribution in [0.2, 0.25) is 0 Å². The molecule has 1 aromatic rings. The van der Waals surface area contributed by atoms with E-state index >= 15 is 0 Å². The zero-order valence-electron chi connectivity index (χ0n) is 14.9. The number of benzene rings is 1. The van der Waals surface area contributed by atoms with Gasteiger partial charge in [-0.25, -0.2) is 0 Å². The molecule has 0 fully saturated rings. The summed E-state index contributed by atoms with van der Waals surface area (Å²) in [5.41, 5.74) is 7.38. The molecule has 23 heavy (non-hydrogen) atoms. The summed E-state index contributed by atoms with van der Waals surface area (Å²) in [7, 11) is 0. The molecule has 2 N–H and O–H groups in total. The van der Waals surface area contributed by atoms with E-state index in [0.717, 1.165) is 55.6 Å². The molecular weight excluding hydrogens is 288 g/mol. The van der Waals surface area contributed by atoms with Gasteiger partial charge in [0.05, 0.1) is 5.69 Å². The summed E-state index contributed by atoms with van der Waals surface area (Å²) in [6.07, 6.45) is 5.24. The third-order valence-corrected chi connectivity index (χ3v) is 4.41. The highest BCUT2D eigenvalue weighted by Gasteiger charge is 2.40. The van der Waals surface area contributed by atoms with Crippen molar-refractivity contribution < 1.29 is 9.53 Å². The summed E-state index contributed by atoms with van der Waals surface area (Å²) in [6, 6.07) is 6.03. The minimum Gasteiger partial charge on any atom is -0.476 e. The number of nitrogens with zero attached hydrogens (tertiary/aromatic N) is 1. The van der Waals surface area contributed by atoms with Crippen molar-refractivity contribution in [3.05, 3.63) is 23.8 Å². The van der Waals surface area contributed by atoms with Gasteiger partial charge in [-0.1, -0.05) is 39.2 Å². The molecule has 0 bridgehead atoms. The van der Waals surface area contributed by atoms with Crippen LogP contribution < -0.4 is 15.4 Å². The number of unbranched alkanes of at least 4 members (excludes halogenated alkanes) is 2. The van der Waals surface area contributed by atoms with E-state index in [9.17, 15) is 4.79 Å². The van der Waals surface area contributed by atoms with E-state index in [4.69, 9.17) is 10.5 Å². The first-order chi connectivity index (χ1) is 10.9. The molecule has 2 rings (SSSR count). The molecular formula is C19H30N2O2. The maximum absolute atomic E-state index is 12.8. The molecule has 1 unspecified atom stereocenters. The number of fused-ring (bicyclic) bond motifs is 1. The largest absolute Gasteiger partial charge is 0.476 e. The van der Waals surface area contributed by atoms with Gasteiger partial charge in [0.1, 0.15) is 5.75 Å². The van der Waals surface area contributed by atoms with Crippen LogP contribution in [0.4, 0.5) is 5.69 Å². The third kappa shape index (κ3) is 3.86. The fourth-order valence-electron chi connectivity index (χ4n) is 3.03. The van der Waals surface area contributed by atoms with Gasteiger partial charge in [-0.05, 0) is 44.4 Å². The normalized spacial score (nSPS) is 17.6. The van der Waals surface area contributed by atoms with Crippen molar-refractivity contribution >= 4 is 11.6 Å². The highest BCUT2D eigenvalue weighted by molar-refractivity contribution is 6.02. The number of nitrogens with two attached hydrogens (primary N) is 1. The molecule has 4 heteroatoms. The van der Waals surface area contributed by atoms with Gasteiger partial charge >= 0.3 is 0 Å². The zero-order valence-corrected chi connectivity index (χ0v) is 14.9. The number of anilines is 1. The van der Waals surface area contributed by atoms with Crippen molar-refractivity contribution in [2.24, 2.45) is 5.73 Å². The zero-order chi connectivity index (χ0) is 17.0. The standard InChI is InChI=1S/C19H30N2O2/c1-5-7-8-12-21-16-13-14(15(20)9-6-2)10-11-17(16)23-19(3,4)18(21)22/h10-11,13,15H,5-9,12,20H2,1-4H3. The van der Waals surface area contributed by atoms with Crippen molar-refractivity contribution in [2.75, 3.05) is 11.4 Å². The van der Waals surface area contributed by atoms with Gasteiger partial charge in [-0.3, -0.25) is 4.79 Å². The average Bonchev–Trinajstić information content (AvgIpc) is 2.51. The molecule has 0 aromatic heterocycles. The van der Waals surface area contributed by atoms with Crippen molar-refractivity contribution in [1.29, 1.82) is 0 Å². The molecule has 1 aromatic carbocycles. The Morgan fingerprint density at radius 2 is 1.96 bits per heavy atom. The van der Waals surface area contributed by atoms with Crippen LogP contribution in [0, 0.1) is 0 Å². The lowest BCUT2D eigenvalue weighted by Gasteiger charge is -2.39. The lowest BCUT2D eigenvalue weighted by Crippen LogP contribution is -2.52. The first-order valence-corrected chi connectivity index (χ1v) is 8.81. The molecule has 1 amide bonds. The molecule has 0 radical (unpaired) electrons. The SMILES string of the molecule is CCCCCN1C(=O)C(C)(C)Oc2ccc(C(N)CCC)cc21. The summed E-state index contributed by atoms with van der Waals surface area (Å²) in [6.45, 7) is 8.70. The minimum absolute atomic E-state index is 0.00725. The fraction of sp³-hybridized carbons (Fsp3) is 0.632. The Kier molecular flexibility index (Phi) is 5.69. The van der Waals surface area contributed by atoms with Gasteiger partial charge in [0, 0.05) is 12.6 Å². The quantitative estimate of drug-likeness (QED) is 0.767. The lowest BCUT2D eigenvalue weighted by atomic mass is 9.98. The molecule has 1 aliphatic rings. The van der Waals surface area contributed by atoms with Crippen LogP contribution in [-0.2, 0) is 4.79 Å². The second-order valence-electron chi connectivity index (χ2n) is 6.90. The monoisotopic (exact) mass is 318 g/mol. The Labute approximate surface area is 140 Å². The topological polar surface area (TPSA) is 55.6 Å². The van der Waals surface area contributed by atoms with Crippen LogP contribution in [0.1, 0.15) is 71.4 Å². The van der Waals surface area contributed by atoms with Gasteiger partial charge in [-0.2, -0.15) is 0 Å². The van der Waals surface area contributed by atoms with Gasteiger partial charge in [-0.15, -0.1) is 0 Å². The molecule has 1 heterocycles. The van der Waals surface area contributed by atoms with Crippen molar-refractivity contribution in [3.8, 4) is 5.75 Å². The summed E-state index contributed by atoms with van der Waals surface area (Å²) in [4.78, 5) is 14.7. The first kappa shape index (κ1) is 17.8. The molecule has 4 nitrogen and oxygen atoms in total. The number of hydrogen-bond donors (Lipinski definition) is 1. The van der Waals surface area contributed by atoms with Gasteiger partial charge < -0.3 is 15.4 Å². The Bertz CT molecular complexity index is 554. The van der Waals surface area contributed by atoms with Crippen LogP contribution in [-0.4, -0.2) is 18.1 Å². The lowest BCUT2D eigenvalue weighted by molar-refractivity contribution is -0.132.